The summed E-state index contributed by atoms with van der Waals surface area (Å²) in [6.45, 7) is 7.49. The molecule has 2 fully saturated rings. The molecule has 0 aromatic carbocycles. The molecule has 5 heteroatoms. The molecule has 0 aromatic heterocycles. The summed E-state index contributed by atoms with van der Waals surface area (Å²) in [4.78, 5) is 0. The van der Waals surface area contributed by atoms with E-state index < -0.39 is 8.56 Å². The number of aliphatic hydroxyl groups excluding tert-OH is 1. The van der Waals surface area contributed by atoms with E-state index >= 15 is 0 Å². The Kier molecular flexibility index (Phi) is 5.43. The monoisotopic (exact) mass is 288 g/mol. The maximum absolute atomic E-state index is 10.4. The summed E-state index contributed by atoms with van der Waals surface area (Å²) in [5, 5.41) is 10.4. The number of hydrogen-bond acceptors (Lipinski definition) is 4. The van der Waals surface area contributed by atoms with Crippen LogP contribution in [0.4, 0.5) is 0 Å². The molecule has 4 nitrogen and oxygen atoms in total. The maximum atomic E-state index is 10.4. The Balaban J connectivity index is 1.79. The van der Waals surface area contributed by atoms with Crippen molar-refractivity contribution in [1.29, 1.82) is 0 Å². The lowest BCUT2D eigenvalue weighted by Crippen LogP contribution is -2.40. The Labute approximate surface area is 117 Å². The Morgan fingerprint density at radius 1 is 1.26 bits per heavy atom. The van der Waals surface area contributed by atoms with Crippen LogP contribution >= 0.6 is 0 Å². The van der Waals surface area contributed by atoms with Crippen LogP contribution in [-0.2, 0) is 13.6 Å². The SMILES string of the molecule is CCO[Si](C)(CCC(O)C1CCCC2OC21)OCC. The van der Waals surface area contributed by atoms with E-state index in [0.29, 0.717) is 31.3 Å². The molecule has 2 aliphatic rings. The van der Waals surface area contributed by atoms with Crippen molar-refractivity contribution in [2.75, 3.05) is 13.2 Å². The van der Waals surface area contributed by atoms with Gasteiger partial charge in [-0.15, -0.1) is 0 Å². The average Bonchev–Trinajstić information content (AvgIpc) is 3.15. The van der Waals surface area contributed by atoms with Crippen LogP contribution < -0.4 is 0 Å². The van der Waals surface area contributed by atoms with Crippen molar-refractivity contribution in [3.8, 4) is 0 Å². The number of ether oxygens (including phenoxy) is 1. The molecule has 4 atom stereocenters. The Bertz CT molecular complexity index is 281. The first-order chi connectivity index (χ1) is 9.09. The molecule has 1 saturated carbocycles. The molecular formula is C14H28O4Si. The first-order valence-electron chi connectivity index (χ1n) is 7.71. The molecule has 0 amide bonds. The molecule has 19 heavy (non-hydrogen) atoms. The molecule has 1 aliphatic carbocycles. The van der Waals surface area contributed by atoms with Gasteiger partial charge >= 0.3 is 8.56 Å². The first kappa shape index (κ1) is 15.4. The normalized spacial score (nSPS) is 31.9. The van der Waals surface area contributed by atoms with Gasteiger partial charge in [0.05, 0.1) is 18.3 Å². The fraction of sp³-hybridized carbons (Fsp3) is 1.00. The second kappa shape index (κ2) is 6.67. The van der Waals surface area contributed by atoms with E-state index in [1.165, 1.54) is 12.8 Å². The summed E-state index contributed by atoms with van der Waals surface area (Å²) in [6, 6.07) is 0.865. The Morgan fingerprint density at radius 2 is 1.95 bits per heavy atom. The van der Waals surface area contributed by atoms with Gasteiger partial charge in [-0.25, -0.2) is 0 Å². The van der Waals surface area contributed by atoms with E-state index in [2.05, 4.69) is 6.55 Å². The molecule has 0 spiro atoms. The van der Waals surface area contributed by atoms with Gasteiger partial charge in [-0.05, 0) is 45.7 Å². The molecular weight excluding hydrogens is 260 g/mol. The van der Waals surface area contributed by atoms with Gasteiger partial charge in [0.15, 0.2) is 0 Å². The van der Waals surface area contributed by atoms with Crippen molar-refractivity contribution in [2.45, 2.75) is 70.4 Å². The third kappa shape index (κ3) is 4.01. The summed E-state index contributed by atoms with van der Waals surface area (Å²) in [7, 11) is -2.08. The van der Waals surface area contributed by atoms with E-state index in [9.17, 15) is 5.11 Å². The van der Waals surface area contributed by atoms with E-state index in [0.717, 1.165) is 18.9 Å². The van der Waals surface area contributed by atoms with Crippen LogP contribution in [0.1, 0.15) is 39.5 Å². The molecule has 112 valence electrons. The Hall–Kier alpha value is 0.0569. The molecule has 1 saturated heterocycles. The predicted octanol–water partition coefficient (Wildman–Crippen LogP) is 2.45. The van der Waals surface area contributed by atoms with Crippen molar-refractivity contribution in [1.82, 2.24) is 0 Å². The van der Waals surface area contributed by atoms with E-state index in [1.54, 1.807) is 0 Å². The number of hydrogen-bond donors (Lipinski definition) is 1. The van der Waals surface area contributed by atoms with Crippen molar-refractivity contribution in [3.05, 3.63) is 0 Å². The third-order valence-corrected chi connectivity index (χ3v) is 7.35. The molecule has 1 aliphatic heterocycles. The van der Waals surface area contributed by atoms with Crippen LogP contribution in [-0.4, -0.2) is 45.2 Å². The van der Waals surface area contributed by atoms with Crippen LogP contribution in [0.5, 0.6) is 0 Å². The third-order valence-electron chi connectivity index (χ3n) is 4.36. The highest BCUT2D eigenvalue weighted by molar-refractivity contribution is 6.66. The minimum atomic E-state index is -2.08. The van der Waals surface area contributed by atoms with Gasteiger partial charge in [0.2, 0.25) is 0 Å². The maximum Gasteiger partial charge on any atom is 0.335 e. The van der Waals surface area contributed by atoms with Crippen molar-refractivity contribution < 1.29 is 18.7 Å². The fourth-order valence-corrected chi connectivity index (χ4v) is 5.73. The van der Waals surface area contributed by atoms with Crippen molar-refractivity contribution >= 4 is 8.56 Å². The van der Waals surface area contributed by atoms with Gasteiger partial charge in [-0.2, -0.15) is 0 Å². The highest BCUT2D eigenvalue weighted by atomic mass is 28.4. The van der Waals surface area contributed by atoms with Gasteiger partial charge < -0.3 is 18.7 Å². The van der Waals surface area contributed by atoms with Crippen LogP contribution in [0.3, 0.4) is 0 Å². The van der Waals surface area contributed by atoms with Gasteiger partial charge in [0.25, 0.3) is 0 Å². The summed E-state index contributed by atoms with van der Waals surface area (Å²) >= 11 is 0. The number of rotatable bonds is 8. The largest absolute Gasteiger partial charge is 0.395 e. The summed E-state index contributed by atoms with van der Waals surface area (Å²) in [5.41, 5.74) is 0. The van der Waals surface area contributed by atoms with Gasteiger partial charge in [0, 0.05) is 19.1 Å². The number of aliphatic hydroxyl groups is 1. The molecule has 0 bridgehead atoms. The minimum absolute atomic E-state index is 0.261. The zero-order valence-electron chi connectivity index (χ0n) is 12.4. The molecule has 4 unspecified atom stereocenters. The van der Waals surface area contributed by atoms with E-state index in [4.69, 9.17) is 13.6 Å². The van der Waals surface area contributed by atoms with Crippen LogP contribution in [0.15, 0.2) is 0 Å². The van der Waals surface area contributed by atoms with E-state index in [1.807, 2.05) is 13.8 Å². The van der Waals surface area contributed by atoms with Gasteiger partial charge in [-0.3, -0.25) is 0 Å². The fourth-order valence-electron chi connectivity index (χ4n) is 3.32. The summed E-state index contributed by atoms with van der Waals surface area (Å²) in [6.07, 6.45) is 4.76. The molecule has 2 rings (SSSR count). The van der Waals surface area contributed by atoms with Crippen LogP contribution in [0, 0.1) is 5.92 Å². The first-order valence-corrected chi connectivity index (χ1v) is 10.2. The zero-order valence-corrected chi connectivity index (χ0v) is 13.4. The number of epoxide rings is 1. The van der Waals surface area contributed by atoms with Crippen LogP contribution in [0.2, 0.25) is 12.6 Å². The van der Waals surface area contributed by atoms with Crippen molar-refractivity contribution in [2.24, 2.45) is 5.92 Å². The second-order valence-corrected chi connectivity index (χ2v) is 9.18. The smallest absolute Gasteiger partial charge is 0.335 e. The Morgan fingerprint density at radius 3 is 2.58 bits per heavy atom. The van der Waals surface area contributed by atoms with Gasteiger partial charge in [0.1, 0.15) is 0 Å². The summed E-state index contributed by atoms with van der Waals surface area (Å²) < 4.78 is 17.3. The molecule has 1 heterocycles. The zero-order chi connectivity index (χ0) is 13.9. The average molecular weight is 288 g/mol. The van der Waals surface area contributed by atoms with Gasteiger partial charge in [-0.1, -0.05) is 6.42 Å². The highest BCUT2D eigenvalue weighted by Gasteiger charge is 2.49. The summed E-state index contributed by atoms with van der Waals surface area (Å²) in [5.74, 6) is 0.334. The lowest BCUT2D eigenvalue weighted by Gasteiger charge is -2.29. The molecule has 1 N–H and O–H groups in total. The second-order valence-electron chi connectivity index (χ2n) is 5.84. The quantitative estimate of drug-likeness (QED) is 0.550. The highest BCUT2D eigenvalue weighted by Crippen LogP contribution is 2.43. The standard InChI is InChI=1S/C14H28O4Si/c1-4-16-19(3,17-5-2)10-9-12(15)11-7-6-8-13-14(11)18-13/h11-15H,4-10H2,1-3H3. The lowest BCUT2D eigenvalue weighted by molar-refractivity contribution is 0.0742. The lowest BCUT2D eigenvalue weighted by atomic mass is 9.84. The van der Waals surface area contributed by atoms with E-state index in [-0.39, 0.29) is 6.10 Å². The van der Waals surface area contributed by atoms with Crippen LogP contribution in [0.25, 0.3) is 0 Å². The predicted molar refractivity (Wildman–Crippen MR) is 76.3 cm³/mol. The minimum Gasteiger partial charge on any atom is -0.395 e. The van der Waals surface area contributed by atoms with Crippen molar-refractivity contribution in [3.63, 3.8) is 0 Å². The number of fused-ring (bicyclic) bond motifs is 1. The topological polar surface area (TPSA) is 51.2 Å². The molecule has 0 aromatic rings. The molecule has 0 radical (unpaired) electrons.